The number of hydrogen-bond donors (Lipinski definition) is 1. The Bertz CT molecular complexity index is 1050. The average molecular weight is 474 g/mol. The number of amides is 1. The second-order valence-corrected chi connectivity index (χ2v) is 9.53. The van der Waals surface area contributed by atoms with E-state index in [1.807, 2.05) is 23.0 Å². The van der Waals surface area contributed by atoms with Crippen LogP contribution in [0, 0.1) is 17.8 Å². The lowest BCUT2D eigenvalue weighted by Gasteiger charge is -2.21. The van der Waals surface area contributed by atoms with E-state index in [1.54, 1.807) is 24.3 Å². The van der Waals surface area contributed by atoms with Crippen LogP contribution in [0.2, 0.25) is 5.02 Å². The second-order valence-electron chi connectivity index (χ2n) is 8.18. The van der Waals surface area contributed by atoms with Crippen LogP contribution in [0.4, 0.5) is 0 Å². The quantitative estimate of drug-likeness (QED) is 0.550. The first-order valence-electron chi connectivity index (χ1n) is 10.1. The molecule has 1 amide bonds. The van der Waals surface area contributed by atoms with Crippen LogP contribution in [0.25, 0.3) is 11.0 Å². The van der Waals surface area contributed by atoms with Crippen LogP contribution in [0.3, 0.4) is 0 Å². The topological polar surface area (TPSA) is 59.8 Å². The fourth-order valence-electron chi connectivity index (χ4n) is 5.04. The zero-order chi connectivity index (χ0) is 20.1. The summed E-state index contributed by atoms with van der Waals surface area (Å²) in [7, 11) is 0. The SMILES string of the molecule is CCC(NC(=O)c1ccc(Cl)cc1)C1[C@H]2CC(n3nc4ccc(Br)cc4n3)C[C@@H]12. The number of rotatable bonds is 5. The van der Waals surface area contributed by atoms with Crippen molar-refractivity contribution in [3.05, 3.63) is 57.5 Å². The monoisotopic (exact) mass is 472 g/mol. The molecule has 5 atom stereocenters. The van der Waals surface area contributed by atoms with Crippen LogP contribution >= 0.6 is 27.5 Å². The summed E-state index contributed by atoms with van der Waals surface area (Å²) in [6.45, 7) is 2.15. The molecule has 0 saturated heterocycles. The van der Waals surface area contributed by atoms with Crippen molar-refractivity contribution >= 4 is 44.5 Å². The largest absolute Gasteiger partial charge is 0.349 e. The number of halogens is 2. The van der Waals surface area contributed by atoms with Crippen LogP contribution in [-0.2, 0) is 0 Å². The van der Waals surface area contributed by atoms with Crippen LogP contribution in [0.5, 0.6) is 0 Å². The summed E-state index contributed by atoms with van der Waals surface area (Å²) in [5.41, 5.74) is 2.53. The molecule has 150 valence electrons. The van der Waals surface area contributed by atoms with Gasteiger partial charge in [0.1, 0.15) is 11.0 Å². The van der Waals surface area contributed by atoms with E-state index in [-0.39, 0.29) is 11.9 Å². The Balaban J connectivity index is 1.23. The van der Waals surface area contributed by atoms with Crippen LogP contribution in [0.1, 0.15) is 42.6 Å². The molecule has 2 aliphatic carbocycles. The molecule has 7 heteroatoms. The molecule has 0 spiro atoms. The first kappa shape index (κ1) is 19.1. The molecule has 2 saturated carbocycles. The van der Waals surface area contributed by atoms with Crippen molar-refractivity contribution in [1.82, 2.24) is 20.3 Å². The Kier molecular flexibility index (Phi) is 4.87. The minimum absolute atomic E-state index is 0.0133. The van der Waals surface area contributed by atoms with E-state index in [0.717, 1.165) is 34.8 Å². The van der Waals surface area contributed by atoms with Crippen LogP contribution < -0.4 is 5.32 Å². The van der Waals surface area contributed by atoms with Gasteiger partial charge in [-0.1, -0.05) is 34.5 Å². The average Bonchev–Trinajstić information content (AvgIpc) is 3.06. The van der Waals surface area contributed by atoms with Gasteiger partial charge < -0.3 is 5.32 Å². The number of fused-ring (bicyclic) bond motifs is 2. The van der Waals surface area contributed by atoms with Crippen molar-refractivity contribution in [2.24, 2.45) is 17.8 Å². The standard InChI is InChI=1S/C22H22BrClN4O/c1-2-18(25-22(29)12-3-6-14(24)7-4-12)21-16-10-15(11-17(16)21)28-26-19-8-5-13(23)9-20(19)27-28/h3-9,15-18,21H,2,10-11H2,1H3,(H,25,29)/t15?,16-,17+,18?,21?. The van der Waals surface area contributed by atoms with Crippen LogP contribution in [-0.4, -0.2) is 26.9 Å². The molecule has 1 aromatic heterocycles. The highest BCUT2D eigenvalue weighted by Crippen LogP contribution is 2.62. The minimum atomic E-state index is -0.0133. The summed E-state index contributed by atoms with van der Waals surface area (Å²) in [5, 5.41) is 13.3. The van der Waals surface area contributed by atoms with Gasteiger partial charge in [-0.05, 0) is 79.5 Å². The molecule has 5 rings (SSSR count). The van der Waals surface area contributed by atoms with Crippen molar-refractivity contribution in [3.63, 3.8) is 0 Å². The van der Waals surface area contributed by atoms with E-state index < -0.39 is 0 Å². The van der Waals surface area contributed by atoms with E-state index in [9.17, 15) is 4.79 Å². The molecule has 0 bridgehead atoms. The highest BCUT2D eigenvalue weighted by Gasteiger charge is 2.59. The Labute approximate surface area is 182 Å². The molecule has 1 N–H and O–H groups in total. The number of benzene rings is 2. The van der Waals surface area contributed by atoms with E-state index in [1.165, 1.54) is 0 Å². The van der Waals surface area contributed by atoms with Gasteiger partial charge in [-0.15, -0.1) is 0 Å². The number of nitrogens with zero attached hydrogens (tertiary/aromatic N) is 3. The van der Waals surface area contributed by atoms with E-state index >= 15 is 0 Å². The molecule has 2 aliphatic rings. The molecule has 3 unspecified atom stereocenters. The molecule has 0 aliphatic heterocycles. The first-order valence-corrected chi connectivity index (χ1v) is 11.3. The smallest absolute Gasteiger partial charge is 0.251 e. The number of hydrogen-bond acceptors (Lipinski definition) is 3. The Morgan fingerprint density at radius 1 is 1.17 bits per heavy atom. The van der Waals surface area contributed by atoms with Gasteiger partial charge in [-0.2, -0.15) is 15.0 Å². The molecule has 5 nitrogen and oxygen atoms in total. The van der Waals surface area contributed by atoms with E-state index in [2.05, 4.69) is 33.3 Å². The third-order valence-electron chi connectivity index (χ3n) is 6.50. The first-order chi connectivity index (χ1) is 14.0. The lowest BCUT2D eigenvalue weighted by Crippen LogP contribution is -2.37. The molecule has 3 aromatic rings. The summed E-state index contributed by atoms with van der Waals surface area (Å²) in [6.07, 6.45) is 3.12. The molecule has 29 heavy (non-hydrogen) atoms. The van der Waals surface area contributed by atoms with Gasteiger partial charge in [-0.25, -0.2) is 0 Å². The molecule has 1 heterocycles. The Morgan fingerprint density at radius 3 is 2.55 bits per heavy atom. The molecule has 0 radical (unpaired) electrons. The van der Waals surface area contributed by atoms with Crippen molar-refractivity contribution in [3.8, 4) is 0 Å². The maximum absolute atomic E-state index is 12.6. The minimum Gasteiger partial charge on any atom is -0.349 e. The fourth-order valence-corrected chi connectivity index (χ4v) is 5.51. The lowest BCUT2D eigenvalue weighted by molar-refractivity contribution is 0.0926. The van der Waals surface area contributed by atoms with Gasteiger partial charge in [0.2, 0.25) is 0 Å². The van der Waals surface area contributed by atoms with Gasteiger partial charge in [0.25, 0.3) is 5.91 Å². The Morgan fingerprint density at radius 2 is 1.86 bits per heavy atom. The van der Waals surface area contributed by atoms with Gasteiger partial charge >= 0.3 is 0 Å². The summed E-state index contributed by atoms with van der Waals surface area (Å²) >= 11 is 9.42. The number of carbonyl (C=O) groups excluding carboxylic acids is 1. The van der Waals surface area contributed by atoms with Gasteiger partial charge in [0.05, 0.1) is 6.04 Å². The maximum Gasteiger partial charge on any atom is 0.251 e. The number of carbonyl (C=O) groups is 1. The normalized spacial score (nSPS) is 26.3. The molecular weight excluding hydrogens is 452 g/mol. The van der Waals surface area contributed by atoms with E-state index in [0.29, 0.717) is 34.4 Å². The molecule has 2 fully saturated rings. The van der Waals surface area contributed by atoms with Crippen LogP contribution in [0.15, 0.2) is 46.9 Å². The number of aromatic nitrogens is 3. The van der Waals surface area contributed by atoms with Crippen molar-refractivity contribution in [2.45, 2.75) is 38.3 Å². The molecular formula is C22H22BrClN4O. The van der Waals surface area contributed by atoms with E-state index in [4.69, 9.17) is 16.7 Å². The third-order valence-corrected chi connectivity index (χ3v) is 7.24. The predicted octanol–water partition coefficient (Wildman–Crippen LogP) is 5.25. The Hall–Kier alpha value is -1.92. The predicted molar refractivity (Wildman–Crippen MR) is 117 cm³/mol. The highest BCUT2D eigenvalue weighted by molar-refractivity contribution is 9.10. The van der Waals surface area contributed by atoms with Crippen molar-refractivity contribution < 1.29 is 4.79 Å². The van der Waals surface area contributed by atoms with Crippen molar-refractivity contribution in [2.75, 3.05) is 0 Å². The maximum atomic E-state index is 12.6. The highest BCUT2D eigenvalue weighted by atomic mass is 79.9. The summed E-state index contributed by atoms with van der Waals surface area (Å²) in [5.74, 6) is 1.85. The van der Waals surface area contributed by atoms with Gasteiger partial charge in [0.15, 0.2) is 0 Å². The second kappa shape index (κ2) is 7.40. The zero-order valence-electron chi connectivity index (χ0n) is 16.1. The zero-order valence-corrected chi connectivity index (χ0v) is 18.4. The summed E-state index contributed by atoms with van der Waals surface area (Å²) in [4.78, 5) is 14.5. The van der Waals surface area contributed by atoms with Gasteiger partial charge in [0, 0.05) is 21.1 Å². The van der Waals surface area contributed by atoms with Gasteiger partial charge in [-0.3, -0.25) is 4.79 Å². The van der Waals surface area contributed by atoms with Crippen molar-refractivity contribution in [1.29, 1.82) is 0 Å². The number of nitrogens with one attached hydrogen (secondary N) is 1. The lowest BCUT2D eigenvalue weighted by atomic mass is 9.99. The summed E-state index contributed by atoms with van der Waals surface area (Å²) in [6, 6.07) is 13.7. The molecule has 2 aromatic carbocycles. The fraction of sp³-hybridized carbons (Fsp3) is 0.409. The third kappa shape index (κ3) is 3.57. The summed E-state index contributed by atoms with van der Waals surface area (Å²) < 4.78 is 1.02.